The van der Waals surface area contributed by atoms with Crippen molar-refractivity contribution in [3.63, 3.8) is 0 Å². The van der Waals surface area contributed by atoms with Crippen LogP contribution in [0.15, 0.2) is 0 Å². The van der Waals surface area contributed by atoms with Crippen molar-refractivity contribution in [2.24, 2.45) is 0 Å². The Kier molecular flexibility index (Phi) is 16.7. The molecule has 212 valence electrons. The van der Waals surface area contributed by atoms with E-state index in [0.717, 1.165) is 11.8 Å². The molecule has 0 heterocycles. The average molecular weight is 668 g/mol. The summed E-state index contributed by atoms with van der Waals surface area (Å²) in [5.74, 6) is 13.5. The molecule has 0 atom stereocenters. The predicted octanol–water partition coefficient (Wildman–Crippen LogP) is 5.67. The first kappa shape index (κ1) is 41.2. The van der Waals surface area contributed by atoms with Gasteiger partial charge in [0.2, 0.25) is 11.8 Å². The summed E-state index contributed by atoms with van der Waals surface area (Å²) in [5.41, 5.74) is -11.3. The molecule has 0 unspecified atom stereocenters. The zero-order valence-corrected chi connectivity index (χ0v) is 24.7. The van der Waals surface area contributed by atoms with Gasteiger partial charge in [0.1, 0.15) is 0 Å². The molecule has 2 saturated carbocycles. The number of alkyl halides is 6. The van der Waals surface area contributed by atoms with E-state index in [1.54, 1.807) is 0 Å². The largest absolute Gasteiger partial charge is 2.00 e. The van der Waals surface area contributed by atoms with E-state index < -0.39 is 31.3 Å². The van der Waals surface area contributed by atoms with Gasteiger partial charge in [-0.15, -0.1) is 0 Å². The zero-order chi connectivity index (χ0) is 29.8. The minimum Gasteiger partial charge on any atom is -0.741 e. The molecule has 10 radical (unpaired) electrons. The first-order chi connectivity index (χ1) is 15.6. The fourth-order valence-corrected chi connectivity index (χ4v) is 2.59. The van der Waals surface area contributed by atoms with Crippen LogP contribution in [0.5, 0.6) is 0 Å². The summed E-state index contributed by atoms with van der Waals surface area (Å²) in [6.45, 7) is 25.2. The fourth-order valence-electron chi connectivity index (χ4n) is 2.59. The first-order valence-corrected chi connectivity index (χ1v) is 12.6. The Morgan fingerprint density at radius 1 is 0.486 bits per heavy atom. The van der Waals surface area contributed by atoms with Gasteiger partial charge in [0, 0.05) is 11.8 Å². The summed E-state index contributed by atoms with van der Waals surface area (Å²) >= 11 is 0. The zero-order valence-electron chi connectivity index (χ0n) is 21.3. The minimum atomic E-state index is -6.09. The van der Waals surface area contributed by atoms with Crippen LogP contribution in [0.2, 0.25) is 0 Å². The van der Waals surface area contributed by atoms with Gasteiger partial charge >= 0.3 is 30.5 Å². The van der Waals surface area contributed by atoms with Gasteiger partial charge < -0.3 is 9.11 Å². The SMILES string of the molecule is C[C]1[C](C)[C](C)[C](C)[C]1C.O=S(=O)([O-])C(F)(F)F.O=S(=O)([O-])C(F)(F)F.[CH2+][C]1[C]([CH2+])[C](C)[C](C)[C]1C.[Ru+2]. The van der Waals surface area contributed by atoms with Crippen molar-refractivity contribution in [3.8, 4) is 0 Å². The third-order valence-electron chi connectivity index (χ3n) is 5.77. The third kappa shape index (κ3) is 12.2. The van der Waals surface area contributed by atoms with E-state index in [0.29, 0.717) is 0 Å². The van der Waals surface area contributed by atoms with Crippen molar-refractivity contribution >= 4 is 20.2 Å². The summed E-state index contributed by atoms with van der Waals surface area (Å²) in [6.07, 6.45) is 0. The van der Waals surface area contributed by atoms with Gasteiger partial charge in [-0.05, 0) is 35.5 Å². The summed E-state index contributed by atoms with van der Waals surface area (Å²) < 4.78 is 118. The van der Waals surface area contributed by atoms with Crippen LogP contribution in [0, 0.1) is 73.0 Å². The molecule has 0 bridgehead atoms. The van der Waals surface area contributed by atoms with Crippen LogP contribution in [-0.2, 0) is 39.7 Å². The Labute approximate surface area is 231 Å². The van der Waals surface area contributed by atoms with E-state index in [1.165, 1.54) is 47.3 Å². The molecule has 15 heteroatoms. The summed E-state index contributed by atoms with van der Waals surface area (Å²) in [5, 5.41) is 0. The predicted molar refractivity (Wildman–Crippen MR) is 120 cm³/mol. The van der Waals surface area contributed by atoms with Crippen molar-refractivity contribution in [1.82, 2.24) is 0 Å². The summed E-state index contributed by atoms with van der Waals surface area (Å²) in [4.78, 5) is 0. The second-order valence-electron chi connectivity index (χ2n) is 7.76. The molecule has 37 heavy (non-hydrogen) atoms. The average Bonchev–Trinajstić information content (AvgIpc) is 2.96. The van der Waals surface area contributed by atoms with Crippen molar-refractivity contribution in [2.75, 3.05) is 0 Å². The summed E-state index contributed by atoms with van der Waals surface area (Å²) in [6, 6.07) is 0. The second kappa shape index (κ2) is 15.0. The van der Waals surface area contributed by atoms with Crippen LogP contribution in [0.1, 0.15) is 55.4 Å². The fraction of sp³-hybridized carbons (Fsp3) is 0.455. The molecule has 2 aliphatic carbocycles. The maximum absolute atomic E-state index is 10.7. The Hall–Kier alpha value is -0.237. The van der Waals surface area contributed by atoms with Crippen LogP contribution in [0.4, 0.5) is 26.3 Å². The van der Waals surface area contributed by atoms with Crippen LogP contribution >= 0.6 is 0 Å². The normalized spacial score (nSPS) is 21.4. The van der Waals surface area contributed by atoms with Gasteiger partial charge in [-0.1, -0.05) is 55.4 Å². The van der Waals surface area contributed by atoms with Crippen molar-refractivity contribution in [1.29, 1.82) is 0 Å². The molecule has 2 fully saturated rings. The van der Waals surface area contributed by atoms with Gasteiger partial charge in [0.05, 0.1) is 13.8 Å². The van der Waals surface area contributed by atoms with E-state index in [-0.39, 0.29) is 19.5 Å². The van der Waals surface area contributed by atoms with Gasteiger partial charge in [0.25, 0.3) is 0 Å². The molecule has 6 nitrogen and oxygen atoms in total. The molecule has 0 aliphatic heterocycles. The van der Waals surface area contributed by atoms with E-state index in [4.69, 9.17) is 25.9 Å². The maximum Gasteiger partial charge on any atom is 2.00 e. The Morgan fingerprint density at radius 2 is 0.595 bits per heavy atom. The third-order valence-corrected chi connectivity index (χ3v) is 6.91. The van der Waals surface area contributed by atoms with E-state index in [2.05, 4.69) is 69.2 Å². The van der Waals surface area contributed by atoms with E-state index in [9.17, 15) is 26.3 Å². The van der Waals surface area contributed by atoms with Crippen LogP contribution in [0.3, 0.4) is 0 Å². The molecule has 0 aromatic carbocycles. The monoisotopic (exact) mass is 668 g/mol. The molecule has 2 rings (SSSR count). The van der Waals surface area contributed by atoms with Crippen molar-refractivity contribution in [3.05, 3.63) is 73.0 Å². The maximum atomic E-state index is 10.7. The van der Waals surface area contributed by atoms with Crippen molar-refractivity contribution < 1.29 is 71.8 Å². The molecular weight excluding hydrogens is 639 g/mol. The van der Waals surface area contributed by atoms with Gasteiger partial charge in [0.15, 0.2) is 20.2 Å². The second-order valence-corrected chi connectivity index (χ2v) is 10.5. The quantitative estimate of drug-likeness (QED) is 0.108. The molecule has 0 saturated heterocycles. The van der Waals surface area contributed by atoms with Gasteiger partial charge in [-0.2, -0.15) is 26.3 Å². The smallest absolute Gasteiger partial charge is 0.741 e. The van der Waals surface area contributed by atoms with E-state index >= 15 is 0 Å². The summed E-state index contributed by atoms with van der Waals surface area (Å²) in [7, 11) is -12.2. The molecule has 0 aromatic rings. The number of hydrogen-bond acceptors (Lipinski definition) is 6. The first-order valence-electron chi connectivity index (χ1n) is 9.75. The Morgan fingerprint density at radius 3 is 0.649 bits per heavy atom. The number of rotatable bonds is 0. The molecule has 2 aliphatic rings. The molecule has 0 spiro atoms. The number of halogens is 6. The Balaban J connectivity index is -0.000000416. The Bertz CT molecular complexity index is 717. The van der Waals surface area contributed by atoms with Gasteiger partial charge in [-0.3, -0.25) is 0 Å². The van der Waals surface area contributed by atoms with Crippen LogP contribution in [0.25, 0.3) is 0 Å². The molecule has 0 aromatic heterocycles. The number of hydrogen-bond donors (Lipinski definition) is 0. The molecular formula is C22H28F6O6RuS2+2. The van der Waals surface area contributed by atoms with Crippen molar-refractivity contribution in [2.45, 2.75) is 66.4 Å². The molecule has 0 N–H and O–H groups in total. The molecule has 0 amide bonds. The van der Waals surface area contributed by atoms with Gasteiger partial charge in [-0.25, -0.2) is 16.8 Å². The topological polar surface area (TPSA) is 114 Å². The van der Waals surface area contributed by atoms with E-state index in [1.807, 2.05) is 0 Å². The van der Waals surface area contributed by atoms with Crippen LogP contribution < -0.4 is 0 Å². The minimum absolute atomic E-state index is 0. The van der Waals surface area contributed by atoms with Crippen LogP contribution in [-0.4, -0.2) is 37.0 Å². The standard InChI is InChI=1S/C10H15.C10H13.2CHF3O3S.Ru/c2*1-6-7(2)9(4)10(5)8(6)3;2*2-1(3,4)8(5,6)7;/h1-5H3;1-2H2,3-5H3;2*(H,5,6,7);/q;+2;;;+2/p-2.